The zero-order chi connectivity index (χ0) is 16.1. The summed E-state index contributed by atoms with van der Waals surface area (Å²) in [6.45, 7) is 1.55. The Kier molecular flexibility index (Phi) is 3.45. The van der Waals surface area contributed by atoms with E-state index < -0.39 is 15.7 Å². The molecule has 1 heterocycles. The van der Waals surface area contributed by atoms with E-state index in [1.165, 1.54) is 0 Å². The van der Waals surface area contributed by atoms with Gasteiger partial charge >= 0.3 is 5.97 Å². The van der Waals surface area contributed by atoms with Gasteiger partial charge in [-0.25, -0.2) is 0 Å². The molecule has 1 saturated carbocycles. The Morgan fingerprint density at radius 2 is 1.73 bits per heavy atom. The average Bonchev–Trinajstić information content (AvgIpc) is 2.92. The standard InChI is InChI=1S/C15H13Cl2NO4/c1-14(8-15(14,16)17)13(21)22-7-6-18-11(19)9-4-2-3-5-10(9)12(18)20/h2-5H,6-8H2,1H3/t14-/m0/s1. The number of halogens is 2. The smallest absolute Gasteiger partial charge is 0.315 e. The molecule has 1 aromatic carbocycles. The summed E-state index contributed by atoms with van der Waals surface area (Å²) < 4.78 is 4.01. The SMILES string of the molecule is C[C@@]1(C(=O)OCCN2C(=O)c3ccccc3C2=O)CC1(Cl)Cl. The molecule has 3 rings (SSSR count). The molecule has 0 radical (unpaired) electrons. The Hall–Kier alpha value is -1.59. The van der Waals surface area contributed by atoms with Gasteiger partial charge < -0.3 is 4.74 Å². The molecule has 0 N–H and O–H groups in total. The van der Waals surface area contributed by atoms with E-state index in [1.807, 2.05) is 0 Å². The molecule has 2 amide bonds. The van der Waals surface area contributed by atoms with Gasteiger partial charge in [0, 0.05) is 6.42 Å². The van der Waals surface area contributed by atoms with E-state index in [-0.39, 0.29) is 25.0 Å². The summed E-state index contributed by atoms with van der Waals surface area (Å²) in [6.07, 6.45) is 0.328. The van der Waals surface area contributed by atoms with Gasteiger partial charge in [-0.1, -0.05) is 12.1 Å². The summed E-state index contributed by atoms with van der Waals surface area (Å²) in [5.74, 6) is -1.27. The highest BCUT2D eigenvalue weighted by Gasteiger charge is 2.69. The number of carbonyl (C=O) groups excluding carboxylic acids is 3. The van der Waals surface area contributed by atoms with Crippen LogP contribution in [0.4, 0.5) is 0 Å². The number of alkyl halides is 2. The molecule has 1 atom stereocenters. The van der Waals surface area contributed by atoms with Crippen molar-refractivity contribution in [1.29, 1.82) is 0 Å². The van der Waals surface area contributed by atoms with Gasteiger partial charge in [0.1, 0.15) is 16.4 Å². The largest absolute Gasteiger partial charge is 0.463 e. The van der Waals surface area contributed by atoms with E-state index in [0.29, 0.717) is 17.5 Å². The Labute approximate surface area is 137 Å². The molecule has 7 heteroatoms. The third-order valence-corrected chi connectivity index (χ3v) is 5.24. The monoisotopic (exact) mass is 341 g/mol. The van der Waals surface area contributed by atoms with Crippen molar-refractivity contribution >= 4 is 41.0 Å². The van der Waals surface area contributed by atoms with Gasteiger partial charge in [0.05, 0.1) is 17.7 Å². The van der Waals surface area contributed by atoms with Crippen LogP contribution in [0.1, 0.15) is 34.1 Å². The van der Waals surface area contributed by atoms with Crippen LogP contribution in [-0.2, 0) is 9.53 Å². The van der Waals surface area contributed by atoms with Gasteiger partial charge in [-0.15, -0.1) is 23.2 Å². The number of hydrogen-bond donors (Lipinski definition) is 0. The zero-order valence-electron chi connectivity index (χ0n) is 11.8. The fraction of sp³-hybridized carbons (Fsp3) is 0.400. The second-order valence-electron chi connectivity index (χ2n) is 5.66. The summed E-state index contributed by atoms with van der Waals surface area (Å²) in [6, 6.07) is 6.59. The molecule has 0 saturated heterocycles. The molecular weight excluding hydrogens is 329 g/mol. The molecule has 0 aromatic heterocycles. The number of esters is 1. The molecule has 2 aliphatic rings. The second-order valence-corrected chi connectivity index (χ2v) is 7.14. The van der Waals surface area contributed by atoms with E-state index in [0.717, 1.165) is 4.90 Å². The maximum atomic E-state index is 12.1. The first-order chi connectivity index (χ1) is 10.3. The van der Waals surface area contributed by atoms with Crippen LogP contribution in [0, 0.1) is 5.41 Å². The van der Waals surface area contributed by atoms with Crippen LogP contribution in [0.15, 0.2) is 24.3 Å². The molecule has 0 unspecified atom stereocenters. The number of fused-ring (bicyclic) bond motifs is 1. The van der Waals surface area contributed by atoms with E-state index in [4.69, 9.17) is 27.9 Å². The summed E-state index contributed by atoms with van der Waals surface area (Å²) in [4.78, 5) is 37.2. The molecule has 1 fully saturated rings. The third-order valence-electron chi connectivity index (χ3n) is 4.13. The highest BCUT2D eigenvalue weighted by molar-refractivity contribution is 6.53. The zero-order valence-corrected chi connectivity index (χ0v) is 13.3. The average molecular weight is 342 g/mol. The number of imide groups is 1. The van der Waals surface area contributed by atoms with Crippen LogP contribution in [0.25, 0.3) is 0 Å². The Morgan fingerprint density at radius 1 is 1.23 bits per heavy atom. The van der Waals surface area contributed by atoms with Crippen molar-refractivity contribution in [3.8, 4) is 0 Å². The summed E-state index contributed by atoms with van der Waals surface area (Å²) >= 11 is 11.8. The number of carbonyl (C=O) groups is 3. The van der Waals surface area contributed by atoms with Crippen LogP contribution in [0.5, 0.6) is 0 Å². The number of amides is 2. The normalized spacial score (nSPS) is 25.1. The van der Waals surface area contributed by atoms with Gasteiger partial charge in [-0.2, -0.15) is 0 Å². The maximum Gasteiger partial charge on any atom is 0.315 e. The second kappa shape index (κ2) is 4.96. The van der Waals surface area contributed by atoms with Crippen LogP contribution in [0.2, 0.25) is 0 Å². The minimum absolute atomic E-state index is 0.00569. The first kappa shape index (κ1) is 15.3. The molecular formula is C15H13Cl2NO4. The topological polar surface area (TPSA) is 63.7 Å². The van der Waals surface area contributed by atoms with Crippen molar-refractivity contribution in [1.82, 2.24) is 4.90 Å². The van der Waals surface area contributed by atoms with Crippen LogP contribution in [-0.4, -0.2) is 40.2 Å². The number of hydrogen-bond acceptors (Lipinski definition) is 4. The minimum Gasteiger partial charge on any atom is -0.463 e. The quantitative estimate of drug-likeness (QED) is 0.479. The van der Waals surface area contributed by atoms with Gasteiger partial charge in [0.15, 0.2) is 0 Å². The summed E-state index contributed by atoms with van der Waals surface area (Å²) in [7, 11) is 0. The lowest BCUT2D eigenvalue weighted by Crippen LogP contribution is -2.34. The summed E-state index contributed by atoms with van der Waals surface area (Å²) in [5, 5.41) is 0. The van der Waals surface area contributed by atoms with Gasteiger partial charge in [-0.05, 0) is 19.1 Å². The maximum absolute atomic E-state index is 12.1. The fourth-order valence-electron chi connectivity index (χ4n) is 2.45. The molecule has 116 valence electrons. The molecule has 5 nitrogen and oxygen atoms in total. The Morgan fingerprint density at radius 3 is 2.18 bits per heavy atom. The van der Waals surface area contributed by atoms with E-state index in [9.17, 15) is 14.4 Å². The van der Waals surface area contributed by atoms with Crippen molar-refractivity contribution in [3.63, 3.8) is 0 Å². The van der Waals surface area contributed by atoms with Gasteiger partial charge in [0.25, 0.3) is 11.8 Å². The molecule has 22 heavy (non-hydrogen) atoms. The van der Waals surface area contributed by atoms with E-state index >= 15 is 0 Å². The Balaban J connectivity index is 1.59. The molecule has 0 spiro atoms. The lowest BCUT2D eigenvalue weighted by Gasteiger charge is -2.16. The van der Waals surface area contributed by atoms with Crippen molar-refractivity contribution < 1.29 is 19.1 Å². The predicted octanol–water partition coefficient (Wildman–Crippen LogP) is 2.41. The lowest BCUT2D eigenvalue weighted by atomic mass is 10.1. The molecule has 1 aromatic rings. The Bertz CT molecular complexity index is 653. The number of benzene rings is 1. The first-order valence-corrected chi connectivity index (χ1v) is 7.54. The highest BCUT2D eigenvalue weighted by atomic mass is 35.5. The van der Waals surface area contributed by atoms with E-state index in [2.05, 4.69) is 0 Å². The minimum atomic E-state index is -1.10. The first-order valence-electron chi connectivity index (χ1n) is 6.78. The predicted molar refractivity (Wildman–Crippen MR) is 79.9 cm³/mol. The van der Waals surface area contributed by atoms with Gasteiger partial charge in [-0.3, -0.25) is 19.3 Å². The number of nitrogens with zero attached hydrogens (tertiary/aromatic N) is 1. The van der Waals surface area contributed by atoms with E-state index in [1.54, 1.807) is 31.2 Å². The van der Waals surface area contributed by atoms with Gasteiger partial charge in [0.2, 0.25) is 0 Å². The lowest BCUT2D eigenvalue weighted by molar-refractivity contribution is -0.149. The van der Waals surface area contributed by atoms with Crippen molar-refractivity contribution in [2.24, 2.45) is 5.41 Å². The van der Waals surface area contributed by atoms with Crippen LogP contribution >= 0.6 is 23.2 Å². The third kappa shape index (κ3) is 2.20. The summed E-state index contributed by atoms with van der Waals surface area (Å²) in [5.41, 5.74) is -0.181. The highest BCUT2D eigenvalue weighted by Crippen LogP contribution is 2.64. The van der Waals surface area contributed by atoms with Crippen LogP contribution in [0.3, 0.4) is 0 Å². The van der Waals surface area contributed by atoms with Crippen molar-refractivity contribution in [2.45, 2.75) is 17.7 Å². The van der Waals surface area contributed by atoms with Crippen molar-refractivity contribution in [3.05, 3.63) is 35.4 Å². The van der Waals surface area contributed by atoms with Crippen molar-refractivity contribution in [2.75, 3.05) is 13.2 Å². The number of rotatable bonds is 4. The molecule has 1 aliphatic carbocycles. The molecule has 1 aliphatic heterocycles. The van der Waals surface area contributed by atoms with Crippen LogP contribution < -0.4 is 0 Å². The number of ether oxygens (including phenoxy) is 1. The fourth-order valence-corrected chi connectivity index (χ4v) is 3.14. The molecule has 0 bridgehead atoms.